The molecule has 0 radical (unpaired) electrons. The first-order chi connectivity index (χ1) is 16.6. The highest BCUT2D eigenvalue weighted by Crippen LogP contribution is 2.38. The molecule has 0 saturated carbocycles. The molecule has 2 heterocycles. The van der Waals surface area contributed by atoms with E-state index in [0.717, 1.165) is 42.8 Å². The zero-order valence-electron chi connectivity index (χ0n) is 18.7. The van der Waals surface area contributed by atoms with Crippen molar-refractivity contribution in [1.29, 1.82) is 0 Å². The number of ether oxygens (including phenoxy) is 1. The summed E-state index contributed by atoms with van der Waals surface area (Å²) in [5.74, 6) is -2.51. The molecule has 3 aromatic rings. The molecular weight excluding hydrogens is 470 g/mol. The number of halogens is 4. The largest absolute Gasteiger partial charge is 0.495 e. The van der Waals surface area contributed by atoms with Crippen molar-refractivity contribution in [2.24, 2.45) is 5.73 Å². The van der Waals surface area contributed by atoms with Crippen LogP contribution < -0.4 is 21.1 Å². The number of primary amides is 1. The second-order valence-corrected chi connectivity index (χ2v) is 7.92. The Balaban J connectivity index is 1.73. The molecule has 0 saturated heterocycles. The van der Waals surface area contributed by atoms with Gasteiger partial charge in [0.25, 0.3) is 5.91 Å². The predicted octanol–water partition coefficient (Wildman–Crippen LogP) is 3.61. The van der Waals surface area contributed by atoms with E-state index >= 15 is 0 Å². The molecule has 0 bridgehead atoms. The van der Waals surface area contributed by atoms with E-state index in [1.165, 1.54) is 7.11 Å². The number of amides is 1. The zero-order chi connectivity index (χ0) is 25.3. The van der Waals surface area contributed by atoms with E-state index in [9.17, 15) is 22.4 Å². The Kier molecular flexibility index (Phi) is 6.43. The number of carbonyl (C=O) groups is 1. The summed E-state index contributed by atoms with van der Waals surface area (Å²) in [6.45, 7) is 1.61. The molecule has 1 aromatic heterocycles. The Hall–Kier alpha value is -4.00. The molecule has 13 heteroatoms. The molecule has 0 unspecified atom stereocenters. The normalized spacial score (nSPS) is 13.8. The first kappa shape index (κ1) is 24.1. The van der Waals surface area contributed by atoms with Gasteiger partial charge in [-0.1, -0.05) is 6.07 Å². The summed E-state index contributed by atoms with van der Waals surface area (Å²) < 4.78 is 60.1. The quantitative estimate of drug-likeness (QED) is 0.448. The Morgan fingerprint density at radius 2 is 1.94 bits per heavy atom. The smallest absolute Gasteiger partial charge is 0.418 e. The molecule has 9 nitrogen and oxygen atoms in total. The van der Waals surface area contributed by atoms with Gasteiger partial charge in [-0.15, -0.1) is 10.2 Å². The molecule has 4 N–H and O–H groups in total. The number of carbonyl (C=O) groups excluding carboxylic acids is 1. The standard InChI is InChI=1S/C22H21F4N7O2/c1-33-7-6-11-8-15(16(35-2)9-12(11)10-33)28-21-30-20(18(19(27)34)31-32-21)29-17-13(22(24,25)26)4-3-5-14(17)23/h3-5,8-9H,6-7,10H2,1-2H3,(H2,27,34)(H2,28,29,30,32). The minimum atomic E-state index is -4.87. The fourth-order valence-electron chi connectivity index (χ4n) is 3.75. The van der Waals surface area contributed by atoms with Gasteiger partial charge in [0.05, 0.1) is 24.0 Å². The molecule has 184 valence electrons. The van der Waals surface area contributed by atoms with E-state index in [2.05, 4.69) is 30.7 Å². The SMILES string of the molecule is COc1cc2c(cc1Nc1nnc(C(N)=O)c(Nc3c(F)cccc3C(F)(F)F)n1)CCN(C)C2. The number of nitrogens with two attached hydrogens (primary N) is 1. The van der Waals surface area contributed by atoms with Crippen LogP contribution in [0.25, 0.3) is 0 Å². The van der Waals surface area contributed by atoms with Crippen LogP contribution in [0.1, 0.15) is 27.2 Å². The fourth-order valence-corrected chi connectivity index (χ4v) is 3.75. The van der Waals surface area contributed by atoms with Crippen LogP contribution in [0.5, 0.6) is 5.75 Å². The molecule has 0 spiro atoms. The number of aromatic nitrogens is 3. The Morgan fingerprint density at radius 1 is 1.17 bits per heavy atom. The monoisotopic (exact) mass is 491 g/mol. The van der Waals surface area contributed by atoms with E-state index in [0.29, 0.717) is 17.5 Å². The molecular formula is C22H21F4N7O2. The lowest BCUT2D eigenvalue weighted by atomic mass is 9.99. The summed E-state index contributed by atoms with van der Waals surface area (Å²) >= 11 is 0. The molecule has 0 fully saturated rings. The molecule has 1 aliphatic heterocycles. The van der Waals surface area contributed by atoms with Crippen LogP contribution in [0.15, 0.2) is 30.3 Å². The Bertz CT molecular complexity index is 1280. The van der Waals surface area contributed by atoms with Gasteiger partial charge in [0.2, 0.25) is 5.95 Å². The van der Waals surface area contributed by atoms with Crippen molar-refractivity contribution in [3.8, 4) is 5.75 Å². The number of fused-ring (bicyclic) bond motifs is 1. The predicted molar refractivity (Wildman–Crippen MR) is 119 cm³/mol. The average Bonchev–Trinajstić information content (AvgIpc) is 2.79. The maximum absolute atomic E-state index is 14.4. The number of benzene rings is 2. The molecule has 1 amide bonds. The van der Waals surface area contributed by atoms with Gasteiger partial charge < -0.3 is 26.0 Å². The van der Waals surface area contributed by atoms with Crippen LogP contribution >= 0.6 is 0 Å². The van der Waals surface area contributed by atoms with Crippen LogP contribution in [0, 0.1) is 5.82 Å². The number of anilines is 4. The van der Waals surface area contributed by atoms with Crippen LogP contribution in [0.4, 0.5) is 40.7 Å². The maximum atomic E-state index is 14.4. The number of nitrogens with zero attached hydrogens (tertiary/aromatic N) is 4. The average molecular weight is 491 g/mol. The van der Waals surface area contributed by atoms with Crippen molar-refractivity contribution in [2.45, 2.75) is 19.1 Å². The van der Waals surface area contributed by atoms with Crippen molar-refractivity contribution >= 4 is 29.0 Å². The summed E-state index contributed by atoms with van der Waals surface area (Å²) in [6, 6.07) is 6.18. The summed E-state index contributed by atoms with van der Waals surface area (Å²) in [7, 11) is 3.49. The summed E-state index contributed by atoms with van der Waals surface area (Å²) in [5, 5.41) is 12.6. The highest BCUT2D eigenvalue weighted by Gasteiger charge is 2.35. The fraction of sp³-hybridized carbons (Fsp3) is 0.273. The van der Waals surface area contributed by atoms with E-state index in [1.54, 1.807) is 0 Å². The summed E-state index contributed by atoms with van der Waals surface area (Å²) in [6.07, 6.45) is -4.08. The number of hydrogen-bond donors (Lipinski definition) is 3. The van der Waals surface area contributed by atoms with Crippen LogP contribution in [0.3, 0.4) is 0 Å². The Labute approximate surface area is 197 Å². The first-order valence-corrected chi connectivity index (χ1v) is 10.4. The lowest BCUT2D eigenvalue weighted by Gasteiger charge is -2.26. The first-order valence-electron chi connectivity index (χ1n) is 10.4. The van der Waals surface area contributed by atoms with Crippen LogP contribution in [0.2, 0.25) is 0 Å². The van der Waals surface area contributed by atoms with Crippen molar-refractivity contribution < 1.29 is 27.1 Å². The third kappa shape index (κ3) is 5.09. The van der Waals surface area contributed by atoms with Gasteiger partial charge in [0.1, 0.15) is 11.6 Å². The van der Waals surface area contributed by atoms with Gasteiger partial charge in [-0.25, -0.2) is 4.39 Å². The Morgan fingerprint density at radius 3 is 2.63 bits per heavy atom. The van der Waals surface area contributed by atoms with Crippen molar-refractivity contribution in [1.82, 2.24) is 20.1 Å². The molecule has 2 aromatic carbocycles. The number of nitrogens with one attached hydrogen (secondary N) is 2. The topological polar surface area (TPSA) is 118 Å². The highest BCUT2D eigenvalue weighted by atomic mass is 19.4. The van der Waals surface area contributed by atoms with E-state index in [1.807, 2.05) is 19.2 Å². The second-order valence-electron chi connectivity index (χ2n) is 7.92. The molecule has 0 atom stereocenters. The number of methoxy groups -OCH3 is 1. The van der Waals surface area contributed by atoms with E-state index in [4.69, 9.17) is 10.5 Å². The maximum Gasteiger partial charge on any atom is 0.418 e. The van der Waals surface area contributed by atoms with Gasteiger partial charge in [-0.2, -0.15) is 18.2 Å². The number of rotatable bonds is 6. The number of likely N-dealkylation sites (N-methyl/N-ethyl adjacent to an activating group) is 1. The number of para-hydroxylation sites is 1. The molecule has 1 aliphatic rings. The summed E-state index contributed by atoms with van der Waals surface area (Å²) in [4.78, 5) is 18.0. The lowest BCUT2D eigenvalue weighted by molar-refractivity contribution is -0.137. The third-order valence-electron chi connectivity index (χ3n) is 5.45. The molecule has 35 heavy (non-hydrogen) atoms. The zero-order valence-corrected chi connectivity index (χ0v) is 18.7. The van der Waals surface area contributed by atoms with Crippen LogP contribution in [-0.2, 0) is 19.1 Å². The van der Waals surface area contributed by atoms with Gasteiger partial charge in [0.15, 0.2) is 11.5 Å². The lowest BCUT2D eigenvalue weighted by Crippen LogP contribution is -2.26. The van der Waals surface area contributed by atoms with Gasteiger partial charge in [-0.3, -0.25) is 4.79 Å². The van der Waals surface area contributed by atoms with Crippen LogP contribution in [-0.4, -0.2) is 46.7 Å². The minimum absolute atomic E-state index is 0.173. The number of hydrogen-bond acceptors (Lipinski definition) is 8. The highest BCUT2D eigenvalue weighted by molar-refractivity contribution is 5.96. The van der Waals surface area contributed by atoms with Crippen molar-refractivity contribution in [2.75, 3.05) is 31.3 Å². The van der Waals surface area contributed by atoms with Gasteiger partial charge in [0, 0.05) is 13.1 Å². The second kappa shape index (κ2) is 9.33. The van der Waals surface area contributed by atoms with E-state index in [-0.39, 0.29) is 5.95 Å². The van der Waals surface area contributed by atoms with Crippen molar-refractivity contribution in [3.05, 3.63) is 58.5 Å². The van der Waals surface area contributed by atoms with E-state index < -0.39 is 40.7 Å². The number of alkyl halides is 3. The summed E-state index contributed by atoms with van der Waals surface area (Å²) in [5.41, 5.74) is 5.15. The van der Waals surface area contributed by atoms with Gasteiger partial charge >= 0.3 is 6.18 Å². The molecule has 4 rings (SSSR count). The van der Waals surface area contributed by atoms with Crippen molar-refractivity contribution in [3.63, 3.8) is 0 Å². The minimum Gasteiger partial charge on any atom is -0.495 e. The van der Waals surface area contributed by atoms with Gasteiger partial charge in [-0.05, 0) is 48.9 Å². The molecule has 0 aliphatic carbocycles. The third-order valence-corrected chi connectivity index (χ3v) is 5.45.